The first-order chi connectivity index (χ1) is 14.5. The first-order valence-corrected chi connectivity index (χ1v) is 10.3. The van der Waals surface area contributed by atoms with Crippen LogP contribution in [-0.4, -0.2) is 42.4 Å². The highest BCUT2D eigenvalue weighted by Crippen LogP contribution is 2.32. The van der Waals surface area contributed by atoms with Crippen molar-refractivity contribution in [2.75, 3.05) is 30.0 Å². The number of rotatable bonds is 5. The summed E-state index contributed by atoms with van der Waals surface area (Å²) >= 11 is 0. The topological polar surface area (TPSA) is 64.7 Å². The second kappa shape index (κ2) is 8.42. The third kappa shape index (κ3) is 3.88. The predicted molar refractivity (Wildman–Crippen MR) is 119 cm³/mol. The average Bonchev–Trinajstić information content (AvgIpc) is 3.08. The average molecular weight is 405 g/mol. The van der Waals surface area contributed by atoms with Crippen molar-refractivity contribution in [1.29, 1.82) is 0 Å². The van der Waals surface area contributed by atoms with Gasteiger partial charge in [0, 0.05) is 25.3 Å². The highest BCUT2D eigenvalue weighted by molar-refractivity contribution is 6.00. The van der Waals surface area contributed by atoms with Gasteiger partial charge >= 0.3 is 0 Å². The molecule has 0 radical (unpaired) electrons. The van der Waals surface area contributed by atoms with Crippen molar-refractivity contribution in [2.45, 2.75) is 19.9 Å². The normalized spacial score (nSPS) is 23.9. The van der Waals surface area contributed by atoms with Crippen LogP contribution < -0.4 is 15.8 Å². The number of aryl methyl sites for hydroxylation is 2. The summed E-state index contributed by atoms with van der Waals surface area (Å²) in [6, 6.07) is 15.2. The molecule has 2 aromatic carbocycles. The van der Waals surface area contributed by atoms with Crippen LogP contribution in [0.5, 0.6) is 0 Å². The maximum Gasteiger partial charge on any atom is 0.247 e. The lowest BCUT2D eigenvalue weighted by Crippen LogP contribution is -2.56. The number of nitrogens with one attached hydrogen (secondary N) is 2. The van der Waals surface area contributed by atoms with Crippen molar-refractivity contribution < 1.29 is 9.59 Å². The van der Waals surface area contributed by atoms with E-state index in [1.165, 1.54) is 5.56 Å². The van der Waals surface area contributed by atoms with Crippen molar-refractivity contribution in [3.8, 4) is 0 Å². The lowest BCUT2D eigenvalue weighted by atomic mass is 9.84. The number of likely N-dealkylation sites (tertiary alicyclic amines) is 1. The highest BCUT2D eigenvalue weighted by atomic mass is 16.2. The third-order valence-electron chi connectivity index (χ3n) is 6.11. The molecule has 2 amide bonds. The number of benzene rings is 2. The highest BCUT2D eigenvalue weighted by Gasteiger charge is 2.50. The molecule has 2 N–H and O–H groups in total. The summed E-state index contributed by atoms with van der Waals surface area (Å²) in [6.07, 6.45) is 1.82. The van der Waals surface area contributed by atoms with Crippen LogP contribution in [0.1, 0.15) is 11.1 Å². The van der Waals surface area contributed by atoms with Crippen LogP contribution in [0.25, 0.3) is 0 Å². The van der Waals surface area contributed by atoms with Crippen molar-refractivity contribution in [2.24, 2.45) is 11.8 Å². The zero-order chi connectivity index (χ0) is 21.3. The molecule has 30 heavy (non-hydrogen) atoms. The van der Waals surface area contributed by atoms with E-state index in [1.54, 1.807) is 5.01 Å². The van der Waals surface area contributed by atoms with E-state index < -0.39 is 0 Å². The molecule has 4 rings (SSSR count). The van der Waals surface area contributed by atoms with Gasteiger partial charge in [-0.05, 0) is 49.2 Å². The van der Waals surface area contributed by atoms with E-state index in [1.807, 2.05) is 68.5 Å². The first kappa shape index (κ1) is 20.3. The molecule has 2 aliphatic rings. The predicted octanol–water partition coefficient (Wildman–Crippen LogP) is 2.90. The smallest absolute Gasteiger partial charge is 0.247 e. The quantitative estimate of drug-likeness (QED) is 0.752. The summed E-state index contributed by atoms with van der Waals surface area (Å²) in [5, 5.41) is 4.66. The van der Waals surface area contributed by atoms with Gasteiger partial charge in [0.15, 0.2) is 0 Å². The molecule has 3 atom stereocenters. The van der Waals surface area contributed by atoms with Crippen LogP contribution in [0.15, 0.2) is 61.2 Å². The standard InChI is InChI=1S/C24H28N4O2/c1-4-12-27-14-20(23(29)25-18-11-10-16(2)17(3)13-18)22-21(15-27)24(30)28(26-22)19-8-6-5-7-9-19/h4-11,13,20-22,26H,1,12,14-15H2,2-3H3,(H,25,29). The van der Waals surface area contributed by atoms with E-state index in [9.17, 15) is 9.59 Å². The van der Waals surface area contributed by atoms with Gasteiger partial charge in [0.25, 0.3) is 0 Å². The van der Waals surface area contributed by atoms with Gasteiger partial charge in [-0.1, -0.05) is 30.3 Å². The first-order valence-electron chi connectivity index (χ1n) is 10.3. The minimum absolute atomic E-state index is 0.00365. The molecule has 3 unspecified atom stereocenters. The summed E-state index contributed by atoms with van der Waals surface area (Å²) in [6.45, 7) is 9.74. The van der Waals surface area contributed by atoms with Gasteiger partial charge in [0.2, 0.25) is 11.8 Å². The Morgan fingerprint density at radius 2 is 1.93 bits per heavy atom. The van der Waals surface area contributed by atoms with Crippen LogP contribution in [-0.2, 0) is 9.59 Å². The molecule has 156 valence electrons. The van der Waals surface area contributed by atoms with E-state index in [-0.39, 0.29) is 29.7 Å². The molecular weight excluding hydrogens is 376 g/mol. The molecule has 2 fully saturated rings. The van der Waals surface area contributed by atoms with Gasteiger partial charge in [-0.25, -0.2) is 10.4 Å². The minimum atomic E-state index is -0.358. The Labute approximate surface area is 177 Å². The molecule has 2 aromatic rings. The zero-order valence-corrected chi connectivity index (χ0v) is 17.5. The van der Waals surface area contributed by atoms with Gasteiger partial charge in [-0.2, -0.15) is 0 Å². The van der Waals surface area contributed by atoms with Gasteiger partial charge in [-0.3, -0.25) is 14.5 Å². The number of fused-ring (bicyclic) bond motifs is 1. The number of para-hydroxylation sites is 1. The van der Waals surface area contributed by atoms with Gasteiger partial charge in [0.1, 0.15) is 0 Å². The summed E-state index contributed by atoms with van der Waals surface area (Å²) < 4.78 is 0. The number of hydrogen-bond donors (Lipinski definition) is 2. The second-order valence-corrected chi connectivity index (χ2v) is 8.17. The molecule has 0 aromatic heterocycles. The molecule has 0 bridgehead atoms. The Kier molecular flexibility index (Phi) is 5.70. The van der Waals surface area contributed by atoms with Crippen molar-refractivity contribution in [3.05, 3.63) is 72.3 Å². The molecule has 6 heteroatoms. The number of nitrogens with zero attached hydrogens (tertiary/aromatic N) is 2. The fourth-order valence-electron chi connectivity index (χ4n) is 4.34. The Morgan fingerprint density at radius 1 is 1.17 bits per heavy atom. The Bertz CT molecular complexity index is 959. The number of piperidine rings is 1. The molecule has 6 nitrogen and oxygen atoms in total. The third-order valence-corrected chi connectivity index (χ3v) is 6.11. The van der Waals surface area contributed by atoms with Gasteiger partial charge < -0.3 is 5.32 Å². The van der Waals surface area contributed by atoms with Gasteiger partial charge in [0.05, 0.1) is 23.6 Å². The minimum Gasteiger partial charge on any atom is -0.326 e. The second-order valence-electron chi connectivity index (χ2n) is 8.17. The summed E-state index contributed by atoms with van der Waals surface area (Å²) in [7, 11) is 0. The van der Waals surface area contributed by atoms with Gasteiger partial charge in [-0.15, -0.1) is 6.58 Å². The zero-order valence-electron chi connectivity index (χ0n) is 17.5. The lowest BCUT2D eigenvalue weighted by Gasteiger charge is -2.37. The van der Waals surface area contributed by atoms with E-state index in [0.717, 1.165) is 16.9 Å². The van der Waals surface area contributed by atoms with Crippen molar-refractivity contribution in [1.82, 2.24) is 10.3 Å². The molecule has 2 saturated heterocycles. The van der Waals surface area contributed by atoms with Crippen LogP contribution in [0, 0.1) is 25.7 Å². The lowest BCUT2D eigenvalue weighted by molar-refractivity contribution is -0.125. The molecule has 2 aliphatic heterocycles. The molecule has 0 saturated carbocycles. The fourth-order valence-corrected chi connectivity index (χ4v) is 4.34. The van der Waals surface area contributed by atoms with Crippen molar-refractivity contribution >= 4 is 23.2 Å². The summed E-state index contributed by atoms with van der Waals surface area (Å²) in [4.78, 5) is 28.6. The molecular formula is C24H28N4O2. The largest absolute Gasteiger partial charge is 0.326 e. The van der Waals surface area contributed by atoms with E-state index >= 15 is 0 Å². The van der Waals surface area contributed by atoms with Crippen LogP contribution in [0.3, 0.4) is 0 Å². The number of hydrogen-bond acceptors (Lipinski definition) is 4. The number of anilines is 2. The fraction of sp³-hybridized carbons (Fsp3) is 0.333. The van der Waals surface area contributed by atoms with Crippen LogP contribution >= 0.6 is 0 Å². The molecule has 0 aliphatic carbocycles. The SMILES string of the molecule is C=CCN1CC(C(=O)Nc2ccc(C)c(C)c2)C2NN(c3ccccc3)C(=O)C2C1. The summed E-state index contributed by atoms with van der Waals surface area (Å²) in [5.41, 5.74) is 7.22. The number of hydrazine groups is 1. The molecule has 2 heterocycles. The van der Waals surface area contributed by atoms with E-state index in [4.69, 9.17) is 0 Å². The number of amides is 2. The monoisotopic (exact) mass is 404 g/mol. The Morgan fingerprint density at radius 3 is 2.63 bits per heavy atom. The number of carbonyl (C=O) groups is 2. The van der Waals surface area contributed by atoms with Crippen LogP contribution in [0.2, 0.25) is 0 Å². The Balaban J connectivity index is 1.58. The van der Waals surface area contributed by atoms with E-state index in [0.29, 0.717) is 19.6 Å². The van der Waals surface area contributed by atoms with Crippen LogP contribution in [0.4, 0.5) is 11.4 Å². The van der Waals surface area contributed by atoms with Crippen molar-refractivity contribution in [3.63, 3.8) is 0 Å². The summed E-state index contributed by atoms with van der Waals surface area (Å²) in [5.74, 6) is -0.710. The Hall–Kier alpha value is -2.96. The van der Waals surface area contributed by atoms with E-state index in [2.05, 4.69) is 22.2 Å². The molecule has 0 spiro atoms. The number of carbonyl (C=O) groups excluding carboxylic acids is 2. The maximum atomic E-state index is 13.3. The maximum absolute atomic E-state index is 13.3.